The summed E-state index contributed by atoms with van der Waals surface area (Å²) in [5, 5.41) is 9.64. The second kappa shape index (κ2) is 2.86. The lowest BCUT2D eigenvalue weighted by molar-refractivity contribution is 0.151. The van der Waals surface area contributed by atoms with E-state index in [9.17, 15) is 5.11 Å². The van der Waals surface area contributed by atoms with E-state index in [1.54, 1.807) is 0 Å². The Morgan fingerprint density at radius 3 is 2.33 bits per heavy atom. The molecule has 1 aromatic carbocycles. The lowest BCUT2D eigenvalue weighted by Crippen LogP contribution is -2.10. The highest BCUT2D eigenvalue weighted by atomic mass is 79.9. The smallest absolute Gasteiger partial charge is 0.0690 e. The average Bonchev–Trinajstić information content (AvgIpc) is 2.74. The molecule has 2 rings (SSSR count). The fraction of sp³-hybridized carbons (Fsp3) is 0.400. The molecule has 0 bridgehead atoms. The third kappa shape index (κ3) is 1.87. The summed E-state index contributed by atoms with van der Waals surface area (Å²) in [5.74, 6) is 0. The summed E-state index contributed by atoms with van der Waals surface area (Å²) < 4.78 is 1.09. The highest BCUT2D eigenvalue weighted by Gasteiger charge is 2.39. The Kier molecular flexibility index (Phi) is 1.97. The molecule has 0 heterocycles. The van der Waals surface area contributed by atoms with E-state index in [1.165, 1.54) is 5.56 Å². The maximum atomic E-state index is 9.64. The number of aliphatic hydroxyl groups is 1. The van der Waals surface area contributed by atoms with Gasteiger partial charge >= 0.3 is 0 Å². The molecule has 0 radical (unpaired) electrons. The SMILES string of the molecule is OC1(Cc2ccc(Br)cc2)CC1. The van der Waals surface area contributed by atoms with E-state index in [0.29, 0.717) is 0 Å². The maximum Gasteiger partial charge on any atom is 0.0690 e. The van der Waals surface area contributed by atoms with Crippen molar-refractivity contribution in [1.82, 2.24) is 0 Å². The van der Waals surface area contributed by atoms with Crippen LogP contribution < -0.4 is 0 Å². The molecule has 0 spiro atoms. The van der Waals surface area contributed by atoms with E-state index >= 15 is 0 Å². The second-order valence-corrected chi connectivity index (χ2v) is 4.44. The van der Waals surface area contributed by atoms with E-state index in [4.69, 9.17) is 0 Å². The number of hydrogen-bond acceptors (Lipinski definition) is 1. The predicted molar refractivity (Wildman–Crippen MR) is 52.0 cm³/mol. The first-order valence-electron chi connectivity index (χ1n) is 4.15. The van der Waals surface area contributed by atoms with Crippen LogP contribution in [0.2, 0.25) is 0 Å². The van der Waals surface area contributed by atoms with Crippen molar-refractivity contribution in [1.29, 1.82) is 0 Å². The van der Waals surface area contributed by atoms with Gasteiger partial charge in [0.1, 0.15) is 0 Å². The maximum absolute atomic E-state index is 9.64. The molecule has 12 heavy (non-hydrogen) atoms. The lowest BCUT2D eigenvalue weighted by Gasteiger charge is -2.06. The minimum atomic E-state index is -0.367. The molecule has 0 atom stereocenters. The van der Waals surface area contributed by atoms with E-state index in [2.05, 4.69) is 28.1 Å². The van der Waals surface area contributed by atoms with Gasteiger partial charge in [-0.05, 0) is 30.5 Å². The van der Waals surface area contributed by atoms with Crippen LogP contribution >= 0.6 is 15.9 Å². The molecule has 2 heteroatoms. The van der Waals surface area contributed by atoms with Crippen LogP contribution in [0.25, 0.3) is 0 Å². The molecule has 1 nitrogen and oxygen atoms in total. The molecule has 1 aliphatic carbocycles. The summed E-state index contributed by atoms with van der Waals surface area (Å²) in [5.41, 5.74) is 0.853. The van der Waals surface area contributed by atoms with Gasteiger partial charge in [-0.25, -0.2) is 0 Å². The van der Waals surface area contributed by atoms with Gasteiger partial charge in [-0.3, -0.25) is 0 Å². The molecular formula is C10H11BrO. The van der Waals surface area contributed by atoms with Crippen molar-refractivity contribution < 1.29 is 5.11 Å². The van der Waals surface area contributed by atoms with Crippen molar-refractivity contribution in [3.8, 4) is 0 Å². The zero-order valence-electron chi connectivity index (χ0n) is 6.76. The second-order valence-electron chi connectivity index (χ2n) is 3.53. The first-order valence-corrected chi connectivity index (χ1v) is 4.94. The third-order valence-electron chi connectivity index (χ3n) is 2.27. The van der Waals surface area contributed by atoms with Gasteiger partial charge in [0.25, 0.3) is 0 Å². The van der Waals surface area contributed by atoms with Crippen LogP contribution in [0, 0.1) is 0 Å². The minimum Gasteiger partial charge on any atom is -0.390 e. The van der Waals surface area contributed by atoms with Crippen LogP contribution in [-0.2, 0) is 6.42 Å². The van der Waals surface area contributed by atoms with Crippen LogP contribution in [0.3, 0.4) is 0 Å². The molecule has 0 aliphatic heterocycles. The molecule has 0 saturated heterocycles. The van der Waals surface area contributed by atoms with Gasteiger partial charge in [-0.1, -0.05) is 28.1 Å². The Morgan fingerprint density at radius 1 is 1.25 bits per heavy atom. The normalized spacial score (nSPS) is 19.2. The van der Waals surface area contributed by atoms with Crippen LogP contribution in [0.5, 0.6) is 0 Å². The lowest BCUT2D eigenvalue weighted by atomic mass is 10.1. The molecule has 64 valence electrons. The van der Waals surface area contributed by atoms with Gasteiger partial charge in [0.2, 0.25) is 0 Å². The fourth-order valence-electron chi connectivity index (χ4n) is 1.30. The zero-order chi connectivity index (χ0) is 8.60. The standard InChI is InChI=1S/C10H11BrO/c11-9-3-1-8(2-4-9)7-10(12)5-6-10/h1-4,12H,5-7H2. The van der Waals surface area contributed by atoms with Crippen molar-refractivity contribution in [2.45, 2.75) is 24.9 Å². The monoisotopic (exact) mass is 226 g/mol. The predicted octanol–water partition coefficient (Wildman–Crippen LogP) is 2.52. The highest BCUT2D eigenvalue weighted by molar-refractivity contribution is 9.10. The van der Waals surface area contributed by atoms with Crippen molar-refractivity contribution in [2.75, 3.05) is 0 Å². The van der Waals surface area contributed by atoms with Gasteiger partial charge in [-0.15, -0.1) is 0 Å². The number of halogens is 1. The largest absolute Gasteiger partial charge is 0.390 e. The number of rotatable bonds is 2. The number of hydrogen-bond donors (Lipinski definition) is 1. The van der Waals surface area contributed by atoms with Gasteiger partial charge in [-0.2, -0.15) is 0 Å². The molecule has 1 saturated carbocycles. The molecule has 0 amide bonds. The number of benzene rings is 1. The van der Waals surface area contributed by atoms with Gasteiger partial charge in [0.15, 0.2) is 0 Å². The van der Waals surface area contributed by atoms with E-state index < -0.39 is 0 Å². The Hall–Kier alpha value is -0.340. The molecule has 0 unspecified atom stereocenters. The van der Waals surface area contributed by atoms with Gasteiger partial charge in [0, 0.05) is 10.9 Å². The van der Waals surface area contributed by atoms with Gasteiger partial charge < -0.3 is 5.11 Å². The summed E-state index contributed by atoms with van der Waals surface area (Å²) in [6.45, 7) is 0. The van der Waals surface area contributed by atoms with Crippen molar-refractivity contribution in [3.05, 3.63) is 34.3 Å². The molecular weight excluding hydrogens is 216 g/mol. The van der Waals surface area contributed by atoms with E-state index in [-0.39, 0.29) is 5.60 Å². The molecule has 1 aromatic rings. The molecule has 1 aliphatic rings. The first kappa shape index (κ1) is 8.27. The topological polar surface area (TPSA) is 20.2 Å². The molecule has 0 aromatic heterocycles. The Morgan fingerprint density at radius 2 is 1.83 bits per heavy atom. The summed E-state index contributed by atoms with van der Waals surface area (Å²) in [4.78, 5) is 0. The first-order chi connectivity index (χ1) is 5.68. The summed E-state index contributed by atoms with van der Waals surface area (Å²) in [6, 6.07) is 8.14. The highest BCUT2D eigenvalue weighted by Crippen LogP contribution is 2.38. The summed E-state index contributed by atoms with van der Waals surface area (Å²) in [6.07, 6.45) is 2.73. The molecule has 1 fully saturated rings. The van der Waals surface area contributed by atoms with Crippen molar-refractivity contribution >= 4 is 15.9 Å². The van der Waals surface area contributed by atoms with Gasteiger partial charge in [0.05, 0.1) is 5.60 Å². The van der Waals surface area contributed by atoms with Crippen molar-refractivity contribution in [3.63, 3.8) is 0 Å². The third-order valence-corrected chi connectivity index (χ3v) is 2.80. The Balaban J connectivity index is 2.08. The van der Waals surface area contributed by atoms with Crippen LogP contribution in [0.1, 0.15) is 18.4 Å². The fourth-order valence-corrected chi connectivity index (χ4v) is 1.57. The quantitative estimate of drug-likeness (QED) is 0.822. The van der Waals surface area contributed by atoms with Crippen LogP contribution in [0.4, 0.5) is 0 Å². The Bertz CT molecular complexity index is 274. The minimum absolute atomic E-state index is 0.367. The zero-order valence-corrected chi connectivity index (χ0v) is 8.34. The van der Waals surface area contributed by atoms with E-state index in [0.717, 1.165) is 23.7 Å². The van der Waals surface area contributed by atoms with Crippen LogP contribution in [-0.4, -0.2) is 10.7 Å². The summed E-state index contributed by atoms with van der Waals surface area (Å²) in [7, 11) is 0. The van der Waals surface area contributed by atoms with Crippen molar-refractivity contribution in [2.24, 2.45) is 0 Å². The molecule has 1 N–H and O–H groups in total. The van der Waals surface area contributed by atoms with Crippen LogP contribution in [0.15, 0.2) is 28.7 Å². The summed E-state index contributed by atoms with van der Waals surface area (Å²) >= 11 is 3.38. The average molecular weight is 227 g/mol. The van der Waals surface area contributed by atoms with E-state index in [1.807, 2.05) is 12.1 Å². The Labute approximate surface area is 80.5 Å².